The maximum absolute atomic E-state index is 7.63. The molecule has 14 nitrogen and oxygen atoms in total. The molecule has 0 amide bonds. The third kappa shape index (κ3) is 5.95. The summed E-state index contributed by atoms with van der Waals surface area (Å²) in [6.07, 6.45) is 3.69. The lowest BCUT2D eigenvalue weighted by molar-refractivity contribution is 0.348. The van der Waals surface area contributed by atoms with Gasteiger partial charge in [-0.15, -0.1) is 0 Å². The Morgan fingerprint density at radius 3 is 2.02 bits per heavy atom. The zero-order valence-corrected chi connectivity index (χ0v) is 43.4. The molecule has 18 rings (SSSR count). The number of benzene rings is 8. The van der Waals surface area contributed by atoms with Crippen LogP contribution in [0.15, 0.2) is 227 Å². The molecule has 3 N–H and O–H groups in total. The van der Waals surface area contributed by atoms with E-state index in [1.807, 2.05) is 85.1 Å². The van der Waals surface area contributed by atoms with E-state index < -0.39 is 17.2 Å². The zero-order chi connectivity index (χ0) is 53.0. The fourth-order valence-corrected chi connectivity index (χ4v) is 14.4. The average Bonchev–Trinajstić information content (AvgIpc) is 1.71. The number of aromatic nitrogens is 10. The van der Waals surface area contributed by atoms with Crippen molar-refractivity contribution in [2.24, 2.45) is 0 Å². The van der Waals surface area contributed by atoms with Crippen LogP contribution < -0.4 is 9.80 Å². The fourth-order valence-electron chi connectivity index (χ4n) is 13.3. The first-order valence-corrected chi connectivity index (χ1v) is 27.6. The van der Waals surface area contributed by atoms with Gasteiger partial charge in [-0.05, 0) is 84.9 Å². The van der Waals surface area contributed by atoms with Gasteiger partial charge in [0.05, 0.1) is 43.7 Å². The molecule has 382 valence electrons. The van der Waals surface area contributed by atoms with Crippen molar-refractivity contribution < 1.29 is 8.83 Å². The van der Waals surface area contributed by atoms with Crippen molar-refractivity contribution in [3.8, 4) is 0 Å². The van der Waals surface area contributed by atoms with Crippen LogP contribution >= 0.6 is 11.3 Å². The molecule has 8 aromatic carbocycles. The quantitative estimate of drug-likeness (QED) is 0.139. The van der Waals surface area contributed by atoms with E-state index in [0.717, 1.165) is 92.3 Å². The second-order valence-electron chi connectivity index (χ2n) is 20.7. The van der Waals surface area contributed by atoms with E-state index in [1.165, 1.54) is 0 Å². The molecule has 81 heavy (non-hydrogen) atoms. The second kappa shape index (κ2) is 16.4. The summed E-state index contributed by atoms with van der Waals surface area (Å²) >= 11 is 1.57. The Morgan fingerprint density at radius 2 is 1.19 bits per heavy atom. The number of furan rings is 1. The van der Waals surface area contributed by atoms with Crippen molar-refractivity contribution in [2.45, 2.75) is 17.2 Å². The summed E-state index contributed by atoms with van der Waals surface area (Å²) in [5.41, 5.74) is 8.31. The number of fused-ring (bicyclic) bond motifs is 13. The van der Waals surface area contributed by atoms with Gasteiger partial charge in [-0.2, -0.15) is 10.2 Å². The van der Waals surface area contributed by atoms with Gasteiger partial charge in [-0.1, -0.05) is 133 Å². The molecule has 15 heteroatoms. The van der Waals surface area contributed by atoms with Crippen LogP contribution in [0, 0.1) is 0 Å². The summed E-state index contributed by atoms with van der Waals surface area (Å²) < 4.78 is 15.6. The summed E-state index contributed by atoms with van der Waals surface area (Å²) in [5.74, 6) is 0.845. The van der Waals surface area contributed by atoms with Crippen LogP contribution in [0.5, 0.6) is 0 Å². The van der Waals surface area contributed by atoms with Crippen molar-refractivity contribution in [1.82, 2.24) is 50.1 Å². The van der Waals surface area contributed by atoms with Crippen molar-refractivity contribution in [1.29, 1.82) is 0 Å². The van der Waals surface area contributed by atoms with Crippen molar-refractivity contribution >= 4 is 131 Å². The van der Waals surface area contributed by atoms with Gasteiger partial charge in [0.1, 0.15) is 28.4 Å². The molecule has 9 aromatic heterocycles. The zero-order valence-electron chi connectivity index (χ0n) is 42.6. The molecular formula is C66H40N12O2S. The van der Waals surface area contributed by atoms with Gasteiger partial charge >= 0.3 is 0 Å². The Hall–Kier alpha value is -10.8. The summed E-state index contributed by atoms with van der Waals surface area (Å²) in [4.78, 5) is 44.9. The minimum atomic E-state index is -1.75. The van der Waals surface area contributed by atoms with E-state index >= 15 is 0 Å². The van der Waals surface area contributed by atoms with E-state index in [4.69, 9.17) is 44.0 Å². The van der Waals surface area contributed by atoms with Gasteiger partial charge in [-0.3, -0.25) is 9.88 Å². The number of hydrogen-bond donors (Lipinski definition) is 3. The number of hydrogen-bond acceptors (Lipinski definition) is 12. The number of pyridine rings is 2. The number of thiazole rings is 1. The molecule has 3 unspecified atom stereocenters. The topological polar surface area (TPSA) is 170 Å². The Morgan fingerprint density at radius 1 is 0.494 bits per heavy atom. The normalized spacial score (nSPS) is 17.8. The molecule has 0 bridgehead atoms. The van der Waals surface area contributed by atoms with Crippen molar-refractivity contribution in [3.05, 3.63) is 247 Å². The van der Waals surface area contributed by atoms with Crippen molar-refractivity contribution in [2.75, 3.05) is 9.80 Å². The number of para-hydroxylation sites is 7. The third-order valence-corrected chi connectivity index (χ3v) is 17.5. The lowest BCUT2D eigenvalue weighted by atomic mass is 9.78. The second-order valence-corrected chi connectivity index (χ2v) is 21.7. The predicted molar refractivity (Wildman–Crippen MR) is 319 cm³/mol. The number of nitrogens with zero attached hydrogens (tertiary/aromatic N) is 9. The van der Waals surface area contributed by atoms with E-state index in [0.29, 0.717) is 56.1 Å². The fraction of sp³-hybridized carbons (Fsp3) is 0.0455. The van der Waals surface area contributed by atoms with E-state index in [-0.39, 0.29) is 0 Å². The summed E-state index contributed by atoms with van der Waals surface area (Å²) in [6.45, 7) is 0. The predicted octanol–water partition coefficient (Wildman–Crippen LogP) is 15.1. The minimum absolute atomic E-state index is 0.356. The first-order valence-electron chi connectivity index (χ1n) is 26.7. The first-order chi connectivity index (χ1) is 40.1. The highest BCUT2D eigenvalue weighted by molar-refractivity contribution is 7.22. The van der Waals surface area contributed by atoms with Crippen LogP contribution in [0.3, 0.4) is 0 Å². The number of H-pyrrole nitrogens is 3. The highest BCUT2D eigenvalue weighted by Crippen LogP contribution is 2.68. The molecule has 10 heterocycles. The van der Waals surface area contributed by atoms with Crippen LogP contribution in [0.25, 0.3) is 109 Å². The van der Waals surface area contributed by atoms with Gasteiger partial charge in [0, 0.05) is 66.7 Å². The molecule has 1 aliphatic rings. The molecule has 3 atom stereocenters. The van der Waals surface area contributed by atoms with Gasteiger partial charge in [0.15, 0.2) is 27.7 Å². The highest BCUT2D eigenvalue weighted by Gasteiger charge is 2.74. The van der Waals surface area contributed by atoms with Gasteiger partial charge in [-0.25, -0.2) is 19.9 Å². The maximum Gasteiger partial charge on any atom is 0.228 e. The Bertz CT molecular complexity index is 5320. The van der Waals surface area contributed by atoms with E-state index in [2.05, 4.69) is 152 Å². The third-order valence-electron chi connectivity index (χ3n) is 16.5. The number of nitrogens with one attached hydrogen (secondary N) is 3. The lowest BCUT2D eigenvalue weighted by Gasteiger charge is -2.45. The molecule has 0 spiro atoms. The van der Waals surface area contributed by atoms with Gasteiger partial charge < -0.3 is 28.7 Å². The molecule has 0 radical (unpaired) electrons. The van der Waals surface area contributed by atoms with Crippen LogP contribution in [0.2, 0.25) is 0 Å². The molecule has 0 saturated carbocycles. The number of anilines is 2. The SMILES string of the molecule is c1ccc2nnc(C3N(c4cccc5c4[nH]c4ccccc45)C(c4nc5ncccc5[nH]4)(c4nccc5c4[nH]c4ccccc45)N(c4nc5ccccc5s4)C3(c3nc4ccccc4o3)c3cccc4oc5ccccc5c34)cc2c1. The van der Waals surface area contributed by atoms with Crippen LogP contribution in [-0.4, -0.2) is 50.1 Å². The minimum Gasteiger partial charge on any atom is -0.456 e. The van der Waals surface area contributed by atoms with Gasteiger partial charge in [0.25, 0.3) is 0 Å². The summed E-state index contributed by atoms with van der Waals surface area (Å²) in [5, 5.41) is 17.9. The molecule has 0 aliphatic carbocycles. The summed E-state index contributed by atoms with van der Waals surface area (Å²) in [7, 11) is 0. The summed E-state index contributed by atoms with van der Waals surface area (Å²) in [6, 6.07) is 69.4. The number of imidazole rings is 1. The maximum atomic E-state index is 7.63. The van der Waals surface area contributed by atoms with Gasteiger partial charge in [0.2, 0.25) is 11.6 Å². The lowest BCUT2D eigenvalue weighted by Crippen LogP contribution is -2.57. The number of oxazole rings is 1. The molecule has 1 saturated heterocycles. The Kier molecular flexibility index (Phi) is 8.95. The molecule has 1 fully saturated rings. The molecular weight excluding hydrogens is 1020 g/mol. The van der Waals surface area contributed by atoms with Crippen LogP contribution in [0.4, 0.5) is 10.8 Å². The van der Waals surface area contributed by atoms with E-state index in [1.54, 1.807) is 17.5 Å². The van der Waals surface area contributed by atoms with Crippen molar-refractivity contribution in [3.63, 3.8) is 0 Å². The number of rotatable bonds is 7. The number of aromatic amines is 3. The largest absolute Gasteiger partial charge is 0.456 e. The Balaban J connectivity index is 1.16. The highest BCUT2D eigenvalue weighted by atomic mass is 32.1. The smallest absolute Gasteiger partial charge is 0.228 e. The standard InChI is InChI=1S/C66H40N12O2S/c1-5-22-44-37(16-1)36-50(76-75-44)60-65(63-72-47-25-8-11-30-53(47)80-63,43-21-14-31-54-56(43)42-19-4-10-29-52(42)79-54)78(64-73-48-26-9-12-32-55(48)81-64)66(62-71-49-27-15-34-68-61(49)74-62,59-58-41(33-35-67-59)39-18-3-7-24-46(39)70-58)77(60)51-28-13-20-40-38-17-2-6-23-45(38)69-57(40)51/h1-36,60,69-70H,(H,68,71,74). The van der Waals surface area contributed by atoms with E-state index in [9.17, 15) is 0 Å². The average molecular weight is 1070 g/mol. The Labute approximate surface area is 462 Å². The molecule has 1 aliphatic heterocycles. The molecule has 17 aromatic rings. The van der Waals surface area contributed by atoms with Crippen LogP contribution in [0.1, 0.15) is 34.7 Å². The first kappa shape index (κ1) is 44.2. The van der Waals surface area contributed by atoms with Crippen LogP contribution in [-0.2, 0) is 11.2 Å². The monoisotopic (exact) mass is 1060 g/mol.